The van der Waals surface area contributed by atoms with Gasteiger partial charge in [0.2, 0.25) is 5.91 Å². The van der Waals surface area contributed by atoms with Crippen molar-refractivity contribution in [2.75, 3.05) is 17.3 Å². The molecule has 3 rings (SSSR count). The van der Waals surface area contributed by atoms with Crippen molar-refractivity contribution in [1.29, 1.82) is 0 Å². The summed E-state index contributed by atoms with van der Waals surface area (Å²) in [6, 6.07) is 14.3. The van der Waals surface area contributed by atoms with E-state index in [0.717, 1.165) is 21.5 Å². The van der Waals surface area contributed by atoms with E-state index in [9.17, 15) is 9.59 Å². The summed E-state index contributed by atoms with van der Waals surface area (Å²) in [5, 5.41) is 6.25. The molecule has 0 aliphatic heterocycles. The van der Waals surface area contributed by atoms with E-state index in [-0.39, 0.29) is 11.8 Å². The molecule has 0 aliphatic rings. The van der Waals surface area contributed by atoms with Crippen molar-refractivity contribution in [2.45, 2.75) is 19.4 Å². The minimum absolute atomic E-state index is 0.246. The largest absolute Gasteiger partial charge is 0.340 e. The Kier molecular flexibility index (Phi) is 6.47. The minimum atomic E-state index is -0.612. The molecule has 0 spiro atoms. The van der Waals surface area contributed by atoms with Crippen LogP contribution in [-0.4, -0.2) is 34.8 Å². The SMILES string of the molecule is CSCC[C@@H](NC(=O)c1ccccc1)C(=O)Nc1nc2ccc(C)cc2s1. The van der Waals surface area contributed by atoms with E-state index in [4.69, 9.17) is 0 Å². The molecule has 0 saturated heterocycles. The number of nitrogens with zero attached hydrogens (tertiary/aromatic N) is 1. The minimum Gasteiger partial charge on any atom is -0.340 e. The monoisotopic (exact) mass is 399 g/mol. The van der Waals surface area contributed by atoms with Gasteiger partial charge in [-0.25, -0.2) is 4.98 Å². The number of benzene rings is 2. The molecular formula is C20H21N3O2S2. The number of rotatable bonds is 7. The average molecular weight is 400 g/mol. The Balaban J connectivity index is 1.72. The number of thiazole rings is 1. The van der Waals surface area contributed by atoms with E-state index in [1.807, 2.05) is 37.4 Å². The van der Waals surface area contributed by atoms with Crippen molar-refractivity contribution >= 4 is 50.3 Å². The fraction of sp³-hybridized carbons (Fsp3) is 0.250. The van der Waals surface area contributed by atoms with Crippen molar-refractivity contribution in [3.05, 3.63) is 59.7 Å². The molecular weight excluding hydrogens is 378 g/mol. The van der Waals surface area contributed by atoms with Gasteiger partial charge in [-0.1, -0.05) is 35.6 Å². The lowest BCUT2D eigenvalue weighted by Crippen LogP contribution is -2.44. The average Bonchev–Trinajstić information content (AvgIpc) is 3.06. The van der Waals surface area contributed by atoms with Gasteiger partial charge in [0.05, 0.1) is 10.2 Å². The molecule has 3 aromatic rings. The predicted octanol–water partition coefficient (Wildman–Crippen LogP) is 4.09. The fourth-order valence-electron chi connectivity index (χ4n) is 2.61. The number of nitrogens with one attached hydrogen (secondary N) is 2. The highest BCUT2D eigenvalue weighted by Gasteiger charge is 2.22. The van der Waals surface area contributed by atoms with Crippen LogP contribution < -0.4 is 10.6 Å². The van der Waals surface area contributed by atoms with Crippen LogP contribution in [-0.2, 0) is 4.79 Å². The molecule has 7 heteroatoms. The highest BCUT2D eigenvalue weighted by atomic mass is 32.2. The lowest BCUT2D eigenvalue weighted by Gasteiger charge is -2.17. The summed E-state index contributed by atoms with van der Waals surface area (Å²) < 4.78 is 1.03. The number of carbonyl (C=O) groups is 2. The second-order valence-corrected chi connectivity index (χ2v) is 8.17. The summed E-state index contributed by atoms with van der Waals surface area (Å²) in [4.78, 5) is 29.7. The summed E-state index contributed by atoms with van der Waals surface area (Å²) in [7, 11) is 0. The Morgan fingerprint density at radius 2 is 1.96 bits per heavy atom. The number of thioether (sulfide) groups is 1. The lowest BCUT2D eigenvalue weighted by atomic mass is 10.1. The highest BCUT2D eigenvalue weighted by Crippen LogP contribution is 2.26. The van der Waals surface area contributed by atoms with Gasteiger partial charge in [0.25, 0.3) is 5.91 Å². The van der Waals surface area contributed by atoms with Gasteiger partial charge < -0.3 is 10.6 Å². The molecule has 2 amide bonds. The van der Waals surface area contributed by atoms with Crippen LogP contribution in [0.5, 0.6) is 0 Å². The molecule has 0 radical (unpaired) electrons. The molecule has 0 saturated carbocycles. The molecule has 0 fully saturated rings. The van der Waals surface area contributed by atoms with Crippen LogP contribution in [0.1, 0.15) is 22.3 Å². The van der Waals surface area contributed by atoms with E-state index in [1.165, 1.54) is 11.3 Å². The van der Waals surface area contributed by atoms with Crippen molar-refractivity contribution in [1.82, 2.24) is 10.3 Å². The second kappa shape index (κ2) is 9.01. The number of amides is 2. The molecule has 1 heterocycles. The summed E-state index contributed by atoms with van der Waals surface area (Å²) in [6.45, 7) is 2.02. The number of carbonyl (C=O) groups excluding carboxylic acids is 2. The highest BCUT2D eigenvalue weighted by molar-refractivity contribution is 7.98. The third kappa shape index (κ3) is 5.08. The number of hydrogen-bond acceptors (Lipinski definition) is 5. The van der Waals surface area contributed by atoms with Crippen LogP contribution in [0, 0.1) is 6.92 Å². The Bertz CT molecular complexity index is 941. The van der Waals surface area contributed by atoms with Crippen LogP contribution in [0.25, 0.3) is 10.2 Å². The van der Waals surface area contributed by atoms with Crippen LogP contribution in [0.3, 0.4) is 0 Å². The van der Waals surface area contributed by atoms with Gasteiger partial charge in [0.15, 0.2) is 5.13 Å². The van der Waals surface area contributed by atoms with Crippen molar-refractivity contribution < 1.29 is 9.59 Å². The Morgan fingerprint density at radius 3 is 2.70 bits per heavy atom. The van der Waals surface area contributed by atoms with E-state index < -0.39 is 6.04 Å². The number of aryl methyl sites for hydroxylation is 1. The topological polar surface area (TPSA) is 71.1 Å². The maximum absolute atomic E-state index is 12.8. The third-order valence-electron chi connectivity index (χ3n) is 4.04. The first kappa shape index (κ1) is 19.4. The second-order valence-electron chi connectivity index (χ2n) is 6.15. The molecule has 140 valence electrons. The van der Waals surface area contributed by atoms with Gasteiger partial charge in [-0.3, -0.25) is 9.59 Å². The maximum Gasteiger partial charge on any atom is 0.251 e. The standard InChI is InChI=1S/C20H21N3O2S2/c1-13-8-9-15-17(12-13)27-20(22-15)23-19(25)16(10-11-26-2)21-18(24)14-6-4-3-5-7-14/h3-9,12,16H,10-11H2,1-2H3,(H,21,24)(H,22,23,25)/t16-/m1/s1. The van der Waals surface area contributed by atoms with Gasteiger partial charge in [0.1, 0.15) is 6.04 Å². The Hall–Kier alpha value is -2.38. The molecule has 27 heavy (non-hydrogen) atoms. The Labute approximate surface area is 166 Å². The van der Waals surface area contributed by atoms with Crippen LogP contribution >= 0.6 is 23.1 Å². The third-order valence-corrected chi connectivity index (χ3v) is 5.62. The number of hydrogen-bond donors (Lipinski definition) is 2. The zero-order valence-electron chi connectivity index (χ0n) is 15.2. The zero-order chi connectivity index (χ0) is 19.2. The van der Waals surface area contributed by atoms with Gasteiger partial charge in [-0.15, -0.1) is 0 Å². The summed E-state index contributed by atoms with van der Waals surface area (Å²) >= 11 is 3.07. The van der Waals surface area contributed by atoms with Crippen molar-refractivity contribution in [3.63, 3.8) is 0 Å². The first-order valence-electron chi connectivity index (χ1n) is 8.59. The number of anilines is 1. The van der Waals surface area contributed by atoms with Crippen LogP contribution in [0.2, 0.25) is 0 Å². The van der Waals surface area contributed by atoms with Gasteiger partial charge in [0, 0.05) is 5.56 Å². The van der Waals surface area contributed by atoms with Gasteiger partial charge in [-0.2, -0.15) is 11.8 Å². The quantitative estimate of drug-likeness (QED) is 0.628. The first-order valence-corrected chi connectivity index (χ1v) is 10.8. The van der Waals surface area contributed by atoms with E-state index in [1.54, 1.807) is 36.0 Å². The number of aromatic nitrogens is 1. The molecule has 1 atom stereocenters. The van der Waals surface area contributed by atoms with Crippen molar-refractivity contribution in [3.8, 4) is 0 Å². The molecule has 0 bridgehead atoms. The van der Waals surface area contributed by atoms with Gasteiger partial charge >= 0.3 is 0 Å². The molecule has 2 aromatic carbocycles. The summed E-state index contributed by atoms with van der Waals surface area (Å²) in [6.07, 6.45) is 2.53. The first-order chi connectivity index (χ1) is 13.1. The molecule has 0 aliphatic carbocycles. The van der Waals surface area contributed by atoms with Gasteiger partial charge in [-0.05, 0) is 55.2 Å². The zero-order valence-corrected chi connectivity index (χ0v) is 16.8. The fourth-order valence-corrected chi connectivity index (χ4v) is 4.05. The molecule has 0 unspecified atom stereocenters. The molecule has 2 N–H and O–H groups in total. The van der Waals surface area contributed by atoms with E-state index >= 15 is 0 Å². The van der Waals surface area contributed by atoms with Crippen LogP contribution in [0.15, 0.2) is 48.5 Å². The van der Waals surface area contributed by atoms with E-state index in [0.29, 0.717) is 17.1 Å². The molecule has 5 nitrogen and oxygen atoms in total. The van der Waals surface area contributed by atoms with E-state index in [2.05, 4.69) is 15.6 Å². The molecule has 1 aromatic heterocycles. The summed E-state index contributed by atoms with van der Waals surface area (Å²) in [5.74, 6) is 0.271. The smallest absolute Gasteiger partial charge is 0.251 e. The lowest BCUT2D eigenvalue weighted by molar-refractivity contribution is -0.118. The van der Waals surface area contributed by atoms with Crippen molar-refractivity contribution in [2.24, 2.45) is 0 Å². The normalized spacial score (nSPS) is 11.9. The van der Waals surface area contributed by atoms with Crippen LogP contribution in [0.4, 0.5) is 5.13 Å². The number of fused-ring (bicyclic) bond motifs is 1. The predicted molar refractivity (Wildman–Crippen MR) is 114 cm³/mol. The Morgan fingerprint density at radius 1 is 1.19 bits per heavy atom. The summed E-state index contributed by atoms with van der Waals surface area (Å²) in [5.41, 5.74) is 2.54. The maximum atomic E-state index is 12.8.